The molecule has 0 saturated carbocycles. The van der Waals surface area contributed by atoms with Crippen molar-refractivity contribution in [2.75, 3.05) is 10.0 Å². The maximum absolute atomic E-state index is 12.9. The van der Waals surface area contributed by atoms with Gasteiger partial charge in [0.2, 0.25) is 0 Å². The number of sulfonamides is 1. The van der Waals surface area contributed by atoms with Gasteiger partial charge in [0.15, 0.2) is 0 Å². The Kier molecular flexibility index (Phi) is 3.34. The molecule has 21 heavy (non-hydrogen) atoms. The molecular formula is C15H15ClN2O2S. The Labute approximate surface area is 129 Å². The lowest BCUT2D eigenvalue weighted by atomic mass is 10.1. The van der Waals surface area contributed by atoms with Gasteiger partial charge in [-0.05, 0) is 43.2 Å². The summed E-state index contributed by atoms with van der Waals surface area (Å²) in [5, 5.41) is 0.246. The third kappa shape index (κ3) is 2.26. The topological polar surface area (TPSA) is 63.4 Å². The fourth-order valence-electron chi connectivity index (χ4n) is 2.69. The number of nitrogens with two attached hydrogens (primary N) is 1. The van der Waals surface area contributed by atoms with E-state index in [0.29, 0.717) is 12.1 Å². The third-order valence-electron chi connectivity index (χ3n) is 3.67. The Morgan fingerprint density at radius 2 is 1.95 bits per heavy atom. The number of benzene rings is 2. The van der Waals surface area contributed by atoms with Gasteiger partial charge >= 0.3 is 0 Å². The van der Waals surface area contributed by atoms with Gasteiger partial charge in [0.05, 0.1) is 21.3 Å². The summed E-state index contributed by atoms with van der Waals surface area (Å²) in [4.78, 5) is 0.158. The monoisotopic (exact) mass is 322 g/mol. The van der Waals surface area contributed by atoms with Gasteiger partial charge in [-0.3, -0.25) is 4.31 Å². The summed E-state index contributed by atoms with van der Waals surface area (Å²) in [7, 11) is -3.65. The second-order valence-corrected chi connectivity index (χ2v) is 7.39. The average molecular weight is 323 g/mol. The standard InChI is InChI=1S/C15H15ClN2O2S/c1-10-8-11-4-2-3-5-15(11)18(10)21(19,20)12-6-7-14(17)13(16)9-12/h2-7,9-10H,8,17H2,1H3. The SMILES string of the molecule is CC1Cc2ccccc2N1S(=O)(=O)c1ccc(N)c(Cl)c1. The van der Waals surface area contributed by atoms with E-state index in [1.165, 1.54) is 22.5 Å². The molecule has 3 rings (SSSR count). The van der Waals surface area contributed by atoms with E-state index in [1.54, 1.807) is 0 Å². The minimum Gasteiger partial charge on any atom is -0.398 e. The predicted octanol–water partition coefficient (Wildman–Crippen LogP) is 3.06. The molecule has 0 spiro atoms. The van der Waals surface area contributed by atoms with E-state index in [9.17, 15) is 8.42 Å². The van der Waals surface area contributed by atoms with Crippen LogP contribution in [0.4, 0.5) is 11.4 Å². The van der Waals surface area contributed by atoms with Crippen molar-refractivity contribution >= 4 is 33.0 Å². The summed E-state index contributed by atoms with van der Waals surface area (Å²) >= 11 is 5.96. The normalized spacial score (nSPS) is 17.8. The molecule has 1 aliphatic rings. The molecule has 0 aromatic heterocycles. The molecule has 2 aromatic carbocycles. The lowest BCUT2D eigenvalue weighted by Crippen LogP contribution is -2.35. The minimum absolute atomic E-state index is 0.122. The lowest BCUT2D eigenvalue weighted by Gasteiger charge is -2.24. The van der Waals surface area contributed by atoms with Gasteiger partial charge < -0.3 is 5.73 Å². The van der Waals surface area contributed by atoms with Gasteiger partial charge in [0.1, 0.15) is 0 Å². The summed E-state index contributed by atoms with van der Waals surface area (Å²) in [5.41, 5.74) is 7.79. The molecule has 1 atom stereocenters. The molecule has 1 unspecified atom stereocenters. The smallest absolute Gasteiger partial charge is 0.264 e. The van der Waals surface area contributed by atoms with E-state index in [4.69, 9.17) is 17.3 Å². The zero-order valence-corrected chi connectivity index (χ0v) is 13.0. The molecule has 0 saturated heterocycles. The Morgan fingerprint density at radius 1 is 1.24 bits per heavy atom. The molecule has 4 nitrogen and oxygen atoms in total. The van der Waals surface area contributed by atoms with Crippen LogP contribution in [0.3, 0.4) is 0 Å². The van der Waals surface area contributed by atoms with Gasteiger partial charge in [0, 0.05) is 6.04 Å². The first-order valence-corrected chi connectivity index (χ1v) is 8.40. The summed E-state index contributed by atoms with van der Waals surface area (Å²) in [5.74, 6) is 0. The number of anilines is 2. The fourth-order valence-corrected chi connectivity index (χ4v) is 4.65. The highest BCUT2D eigenvalue weighted by Crippen LogP contribution is 2.37. The molecule has 0 amide bonds. The van der Waals surface area contributed by atoms with Crippen LogP contribution in [0.25, 0.3) is 0 Å². The first-order chi connectivity index (χ1) is 9.91. The van der Waals surface area contributed by atoms with Crippen molar-refractivity contribution in [1.29, 1.82) is 0 Å². The number of nitrogen functional groups attached to an aromatic ring is 1. The molecule has 0 bridgehead atoms. The van der Waals surface area contributed by atoms with Crippen LogP contribution in [0.5, 0.6) is 0 Å². The molecule has 0 fully saturated rings. The van der Waals surface area contributed by atoms with Crippen LogP contribution in [0.2, 0.25) is 5.02 Å². The zero-order chi connectivity index (χ0) is 15.2. The van der Waals surface area contributed by atoms with E-state index in [1.807, 2.05) is 31.2 Å². The number of halogens is 1. The highest BCUT2D eigenvalue weighted by molar-refractivity contribution is 7.92. The van der Waals surface area contributed by atoms with Crippen LogP contribution in [0.1, 0.15) is 12.5 Å². The molecule has 0 aliphatic carbocycles. The average Bonchev–Trinajstić information content (AvgIpc) is 2.78. The van der Waals surface area contributed by atoms with Crippen LogP contribution in [0.15, 0.2) is 47.4 Å². The van der Waals surface area contributed by atoms with Crippen LogP contribution in [-0.4, -0.2) is 14.5 Å². The van der Waals surface area contributed by atoms with Crippen molar-refractivity contribution in [3.63, 3.8) is 0 Å². The Hall–Kier alpha value is -1.72. The summed E-state index contributed by atoms with van der Waals surface area (Å²) in [6.07, 6.45) is 0.706. The van der Waals surface area contributed by atoms with Gasteiger partial charge in [-0.2, -0.15) is 0 Å². The zero-order valence-electron chi connectivity index (χ0n) is 11.5. The van der Waals surface area contributed by atoms with Gasteiger partial charge in [-0.25, -0.2) is 8.42 Å². The summed E-state index contributed by atoms with van der Waals surface area (Å²) in [6, 6.07) is 11.8. The molecule has 6 heteroatoms. The van der Waals surface area contributed by atoms with Crippen molar-refractivity contribution in [1.82, 2.24) is 0 Å². The Bertz CT molecular complexity index is 805. The van der Waals surface area contributed by atoms with Crippen LogP contribution in [0, 0.1) is 0 Å². The van der Waals surface area contributed by atoms with Crippen LogP contribution < -0.4 is 10.0 Å². The van der Waals surface area contributed by atoms with Gasteiger partial charge in [0.25, 0.3) is 10.0 Å². The number of rotatable bonds is 2. The highest BCUT2D eigenvalue weighted by Gasteiger charge is 2.35. The largest absolute Gasteiger partial charge is 0.398 e. The molecule has 0 radical (unpaired) electrons. The first-order valence-electron chi connectivity index (χ1n) is 6.58. The van der Waals surface area contributed by atoms with Crippen molar-refractivity contribution in [2.24, 2.45) is 0 Å². The van der Waals surface area contributed by atoms with Crippen molar-refractivity contribution in [3.8, 4) is 0 Å². The molecule has 2 aromatic rings. The fraction of sp³-hybridized carbons (Fsp3) is 0.200. The van der Waals surface area contributed by atoms with Crippen molar-refractivity contribution < 1.29 is 8.42 Å². The Morgan fingerprint density at radius 3 is 2.67 bits per heavy atom. The Balaban J connectivity index is 2.12. The molecule has 110 valence electrons. The van der Waals surface area contributed by atoms with Crippen molar-refractivity contribution in [3.05, 3.63) is 53.1 Å². The summed E-state index contributed by atoms with van der Waals surface area (Å²) in [6.45, 7) is 1.90. The molecule has 2 N–H and O–H groups in total. The van der Waals surface area contributed by atoms with E-state index in [0.717, 1.165) is 11.3 Å². The predicted molar refractivity (Wildman–Crippen MR) is 85.1 cm³/mol. The number of fused-ring (bicyclic) bond motifs is 1. The molecule has 1 heterocycles. The maximum Gasteiger partial charge on any atom is 0.264 e. The molecular weight excluding hydrogens is 308 g/mol. The van der Waals surface area contributed by atoms with Gasteiger partial charge in [-0.1, -0.05) is 29.8 Å². The second kappa shape index (κ2) is 4.93. The number of para-hydroxylation sites is 1. The van der Waals surface area contributed by atoms with Crippen LogP contribution >= 0.6 is 11.6 Å². The number of nitrogens with zero attached hydrogens (tertiary/aromatic N) is 1. The molecule has 1 aliphatic heterocycles. The second-order valence-electron chi connectivity index (χ2n) is 5.17. The van der Waals surface area contributed by atoms with E-state index in [2.05, 4.69) is 0 Å². The first kappa shape index (κ1) is 14.2. The summed E-state index contributed by atoms with van der Waals surface area (Å²) < 4.78 is 27.3. The van der Waals surface area contributed by atoms with E-state index < -0.39 is 10.0 Å². The highest BCUT2D eigenvalue weighted by atomic mass is 35.5. The third-order valence-corrected chi connectivity index (χ3v) is 5.92. The maximum atomic E-state index is 12.9. The van der Waals surface area contributed by atoms with Gasteiger partial charge in [-0.15, -0.1) is 0 Å². The van der Waals surface area contributed by atoms with E-state index in [-0.39, 0.29) is 16.0 Å². The quantitative estimate of drug-likeness (QED) is 0.864. The van der Waals surface area contributed by atoms with E-state index >= 15 is 0 Å². The number of hydrogen-bond donors (Lipinski definition) is 1. The lowest BCUT2D eigenvalue weighted by molar-refractivity contribution is 0.584. The van der Waals surface area contributed by atoms with Crippen molar-refractivity contribution in [2.45, 2.75) is 24.3 Å². The number of hydrogen-bond acceptors (Lipinski definition) is 3. The van der Waals surface area contributed by atoms with Crippen LogP contribution in [-0.2, 0) is 16.4 Å². The minimum atomic E-state index is -3.65.